The third kappa shape index (κ3) is 5.41. The number of nitrogens with two attached hydrogens (primary N) is 2. The van der Waals surface area contributed by atoms with Gasteiger partial charge in [-0.2, -0.15) is 15.1 Å². The molecule has 1 fully saturated rings. The largest absolute Gasteiger partial charge is 0.482 e. The smallest absolute Gasteiger partial charge is 0.344 e. The molecule has 12 nitrogen and oxygen atoms in total. The van der Waals surface area contributed by atoms with Crippen LogP contribution in [0.3, 0.4) is 0 Å². The number of aromatic nitrogens is 4. The van der Waals surface area contributed by atoms with Crippen molar-refractivity contribution in [3.8, 4) is 5.75 Å². The number of carbonyl (C=O) groups is 1. The van der Waals surface area contributed by atoms with Crippen molar-refractivity contribution in [2.75, 3.05) is 62.0 Å². The van der Waals surface area contributed by atoms with Gasteiger partial charge in [-0.25, -0.2) is 15.3 Å². The van der Waals surface area contributed by atoms with Crippen LogP contribution in [0.4, 0.5) is 17.5 Å². The summed E-state index contributed by atoms with van der Waals surface area (Å²) in [5.41, 5.74) is 10.1. The number of hydrogen-bond donors (Lipinski definition) is 3. The standard InChI is InChI=1S/C21H29N9O3/c1-2-32-18(31)14-33-16-5-3-15(4-6-16)29-10-7-28(8-11-29)9-12-30-20-17(13-24-30)19(27-23)25-21(22)26-20/h3-6,13H,2,7-12,14,23H2,1H3,(H3,22,25,26,27). The molecule has 0 unspecified atom stereocenters. The van der Waals surface area contributed by atoms with E-state index in [0.717, 1.165) is 43.8 Å². The second-order valence-electron chi connectivity index (χ2n) is 7.60. The van der Waals surface area contributed by atoms with Crippen LogP contribution in [0.2, 0.25) is 0 Å². The number of rotatable bonds is 9. The van der Waals surface area contributed by atoms with Gasteiger partial charge in [-0.15, -0.1) is 0 Å². The van der Waals surface area contributed by atoms with Gasteiger partial charge in [-0.1, -0.05) is 0 Å². The predicted molar refractivity (Wildman–Crippen MR) is 125 cm³/mol. The van der Waals surface area contributed by atoms with E-state index in [0.29, 0.717) is 30.4 Å². The van der Waals surface area contributed by atoms with E-state index in [1.165, 1.54) is 0 Å². The molecule has 1 aliphatic heterocycles. The number of carbonyl (C=O) groups excluding carboxylic acids is 1. The average molecular weight is 456 g/mol. The van der Waals surface area contributed by atoms with Gasteiger partial charge in [0.05, 0.1) is 24.7 Å². The van der Waals surface area contributed by atoms with Crippen LogP contribution in [0, 0.1) is 0 Å². The number of hydrogen-bond acceptors (Lipinski definition) is 11. The highest BCUT2D eigenvalue weighted by atomic mass is 16.6. The Morgan fingerprint density at radius 3 is 2.58 bits per heavy atom. The summed E-state index contributed by atoms with van der Waals surface area (Å²) in [6, 6.07) is 7.78. The van der Waals surface area contributed by atoms with Gasteiger partial charge in [-0.05, 0) is 31.2 Å². The molecule has 4 rings (SSSR count). The highest BCUT2D eigenvalue weighted by molar-refractivity contribution is 5.87. The number of anilines is 3. The third-order valence-electron chi connectivity index (χ3n) is 5.51. The van der Waals surface area contributed by atoms with E-state index in [9.17, 15) is 4.79 Å². The van der Waals surface area contributed by atoms with Crippen LogP contribution >= 0.6 is 0 Å². The lowest BCUT2D eigenvalue weighted by atomic mass is 10.2. The Labute approximate surface area is 191 Å². The zero-order chi connectivity index (χ0) is 23.2. The summed E-state index contributed by atoms with van der Waals surface area (Å²) in [7, 11) is 0. The van der Waals surface area contributed by atoms with Gasteiger partial charge >= 0.3 is 5.97 Å². The predicted octanol–water partition coefficient (Wildman–Crippen LogP) is 0.458. The Kier molecular flexibility index (Phi) is 7.05. The second kappa shape index (κ2) is 10.3. The second-order valence-corrected chi connectivity index (χ2v) is 7.60. The summed E-state index contributed by atoms with van der Waals surface area (Å²) in [6.45, 7) is 7.28. The molecule has 0 saturated carbocycles. The van der Waals surface area contributed by atoms with Gasteiger partial charge in [0.15, 0.2) is 18.1 Å². The number of nitrogens with zero attached hydrogens (tertiary/aromatic N) is 6. The molecule has 3 heterocycles. The quantitative estimate of drug-likeness (QED) is 0.234. The molecule has 3 aromatic rings. The van der Waals surface area contributed by atoms with Crippen molar-refractivity contribution in [1.82, 2.24) is 24.6 Å². The Balaban J connectivity index is 1.27. The molecule has 12 heteroatoms. The first-order valence-electron chi connectivity index (χ1n) is 10.9. The number of benzene rings is 1. The van der Waals surface area contributed by atoms with E-state index in [1.54, 1.807) is 13.1 Å². The third-order valence-corrected chi connectivity index (χ3v) is 5.51. The zero-order valence-corrected chi connectivity index (χ0v) is 18.6. The first-order chi connectivity index (χ1) is 16.1. The van der Waals surface area contributed by atoms with Crippen molar-refractivity contribution in [3.63, 3.8) is 0 Å². The lowest BCUT2D eigenvalue weighted by Gasteiger charge is -2.36. The molecule has 0 radical (unpaired) electrons. The molecule has 1 aromatic carbocycles. The fourth-order valence-electron chi connectivity index (χ4n) is 3.81. The first kappa shape index (κ1) is 22.6. The van der Waals surface area contributed by atoms with Gasteiger partial charge in [0.25, 0.3) is 0 Å². The lowest BCUT2D eigenvalue weighted by molar-refractivity contribution is -0.145. The molecule has 33 heavy (non-hydrogen) atoms. The minimum absolute atomic E-state index is 0.0833. The van der Waals surface area contributed by atoms with Crippen LogP contribution < -0.4 is 26.6 Å². The molecule has 0 bridgehead atoms. The Bertz CT molecular complexity index is 1080. The molecule has 176 valence electrons. The molecular formula is C21H29N9O3. The monoisotopic (exact) mass is 455 g/mol. The summed E-state index contributed by atoms with van der Waals surface area (Å²) < 4.78 is 12.2. The van der Waals surface area contributed by atoms with Crippen LogP contribution in [-0.4, -0.2) is 76.6 Å². The van der Waals surface area contributed by atoms with Gasteiger partial charge < -0.3 is 25.5 Å². The van der Waals surface area contributed by atoms with Crippen LogP contribution in [0.25, 0.3) is 11.0 Å². The number of nitrogens with one attached hydrogen (secondary N) is 1. The van der Waals surface area contributed by atoms with Gasteiger partial charge in [0.2, 0.25) is 5.95 Å². The SMILES string of the molecule is CCOC(=O)COc1ccc(N2CCN(CCn3ncc4c(NN)nc(N)nc43)CC2)cc1. The van der Waals surface area contributed by atoms with Crippen LogP contribution in [0.1, 0.15) is 6.92 Å². The molecular weight excluding hydrogens is 426 g/mol. The maximum Gasteiger partial charge on any atom is 0.344 e. The van der Waals surface area contributed by atoms with Crippen LogP contribution in [0.5, 0.6) is 5.75 Å². The van der Waals surface area contributed by atoms with Gasteiger partial charge in [0, 0.05) is 38.4 Å². The van der Waals surface area contributed by atoms with E-state index in [1.807, 2.05) is 28.9 Å². The fraction of sp³-hybridized carbons (Fsp3) is 0.429. The maximum atomic E-state index is 11.4. The zero-order valence-electron chi connectivity index (χ0n) is 18.6. The number of esters is 1. The van der Waals surface area contributed by atoms with Crippen molar-refractivity contribution >= 4 is 34.5 Å². The normalized spacial score (nSPS) is 14.4. The lowest BCUT2D eigenvalue weighted by Crippen LogP contribution is -2.47. The Morgan fingerprint density at radius 2 is 1.88 bits per heavy atom. The number of hydrazine groups is 1. The highest BCUT2D eigenvalue weighted by Crippen LogP contribution is 2.22. The minimum atomic E-state index is -0.367. The summed E-state index contributed by atoms with van der Waals surface area (Å²) in [5.74, 6) is 6.42. The first-order valence-corrected chi connectivity index (χ1v) is 10.9. The molecule has 5 N–H and O–H groups in total. The Hall–Kier alpha value is -3.64. The van der Waals surface area contributed by atoms with E-state index in [2.05, 4.69) is 30.3 Å². The molecule has 1 saturated heterocycles. The molecule has 0 atom stereocenters. The summed E-state index contributed by atoms with van der Waals surface area (Å²) in [6.07, 6.45) is 1.70. The molecule has 0 amide bonds. The molecule has 0 spiro atoms. The van der Waals surface area contributed by atoms with Crippen molar-refractivity contribution in [2.24, 2.45) is 5.84 Å². The van der Waals surface area contributed by atoms with E-state index >= 15 is 0 Å². The summed E-state index contributed by atoms with van der Waals surface area (Å²) >= 11 is 0. The molecule has 1 aliphatic rings. The summed E-state index contributed by atoms with van der Waals surface area (Å²) in [4.78, 5) is 24.5. The molecule has 0 aliphatic carbocycles. The fourth-order valence-corrected chi connectivity index (χ4v) is 3.81. The number of nitrogen functional groups attached to an aromatic ring is 2. The minimum Gasteiger partial charge on any atom is -0.482 e. The highest BCUT2D eigenvalue weighted by Gasteiger charge is 2.18. The average Bonchev–Trinajstić information content (AvgIpc) is 3.24. The van der Waals surface area contributed by atoms with E-state index in [4.69, 9.17) is 21.1 Å². The van der Waals surface area contributed by atoms with Crippen LogP contribution in [-0.2, 0) is 16.1 Å². The maximum absolute atomic E-state index is 11.4. The van der Waals surface area contributed by atoms with Crippen molar-refractivity contribution in [1.29, 1.82) is 0 Å². The molecule has 2 aromatic heterocycles. The van der Waals surface area contributed by atoms with Crippen molar-refractivity contribution < 1.29 is 14.3 Å². The van der Waals surface area contributed by atoms with Crippen molar-refractivity contribution in [3.05, 3.63) is 30.5 Å². The summed E-state index contributed by atoms with van der Waals surface area (Å²) in [5, 5.41) is 5.16. The van der Waals surface area contributed by atoms with Crippen molar-refractivity contribution in [2.45, 2.75) is 13.5 Å². The van der Waals surface area contributed by atoms with E-state index in [-0.39, 0.29) is 18.5 Å². The van der Waals surface area contributed by atoms with Gasteiger partial charge in [-0.3, -0.25) is 4.90 Å². The number of fused-ring (bicyclic) bond motifs is 1. The number of ether oxygens (including phenoxy) is 2. The topological polar surface area (TPSA) is 150 Å². The van der Waals surface area contributed by atoms with E-state index < -0.39 is 0 Å². The van der Waals surface area contributed by atoms with Gasteiger partial charge in [0.1, 0.15) is 5.75 Å². The Morgan fingerprint density at radius 1 is 1.12 bits per heavy atom. The number of piperazine rings is 1. The van der Waals surface area contributed by atoms with Crippen LogP contribution in [0.15, 0.2) is 30.5 Å².